The van der Waals surface area contributed by atoms with Crippen LogP contribution in [0.5, 0.6) is 0 Å². The number of rotatable bonds is 7. The molecule has 1 N–H and O–H groups in total. The Morgan fingerprint density at radius 1 is 1.22 bits per heavy atom. The molecule has 3 rings (SSSR count). The number of carbonyl (C=O) groups excluding carboxylic acids is 1. The molecule has 0 spiro atoms. The monoisotopic (exact) mass is 401 g/mol. The fraction of sp³-hybridized carbons (Fsp3) is 0.350. The van der Waals surface area contributed by atoms with Crippen LogP contribution < -0.4 is 10.9 Å². The third-order valence-electron chi connectivity index (χ3n) is 4.05. The first kappa shape index (κ1) is 19.6. The highest BCUT2D eigenvalue weighted by Gasteiger charge is 2.15. The third-order valence-corrected chi connectivity index (χ3v) is 6.09. The molecule has 0 bridgehead atoms. The lowest BCUT2D eigenvalue weighted by Gasteiger charge is -2.15. The molecule has 7 heteroatoms. The van der Waals surface area contributed by atoms with Gasteiger partial charge in [0.2, 0.25) is 5.91 Å². The molecule has 0 aliphatic rings. The molecule has 0 unspecified atom stereocenters. The van der Waals surface area contributed by atoms with Gasteiger partial charge >= 0.3 is 0 Å². The van der Waals surface area contributed by atoms with E-state index in [-0.39, 0.29) is 23.3 Å². The van der Waals surface area contributed by atoms with Crippen LogP contribution in [-0.4, -0.2) is 21.2 Å². The van der Waals surface area contributed by atoms with Crippen molar-refractivity contribution in [3.05, 3.63) is 57.0 Å². The number of benzene rings is 1. The van der Waals surface area contributed by atoms with Crippen molar-refractivity contribution in [2.75, 3.05) is 5.75 Å². The fourth-order valence-corrected chi connectivity index (χ4v) is 4.36. The van der Waals surface area contributed by atoms with Crippen LogP contribution in [-0.2, 0) is 11.3 Å². The Bertz CT molecular complexity index is 981. The number of nitrogens with one attached hydrogen (secondary N) is 1. The highest BCUT2D eigenvalue weighted by molar-refractivity contribution is 7.99. The van der Waals surface area contributed by atoms with Gasteiger partial charge in [0.15, 0.2) is 5.16 Å². The number of carbonyl (C=O) groups is 1. The number of hydrogen-bond acceptors (Lipinski definition) is 5. The number of aromatic nitrogens is 2. The molecule has 0 fully saturated rings. The Morgan fingerprint density at radius 3 is 2.70 bits per heavy atom. The topological polar surface area (TPSA) is 64.0 Å². The second kappa shape index (κ2) is 8.71. The fourth-order valence-electron chi connectivity index (χ4n) is 2.81. The van der Waals surface area contributed by atoms with E-state index in [0.29, 0.717) is 28.5 Å². The Kier molecular flexibility index (Phi) is 6.34. The van der Waals surface area contributed by atoms with Crippen molar-refractivity contribution in [3.63, 3.8) is 0 Å². The standard InChI is InChI=1S/C20H23N3O2S2/c1-13(2)11-23-19(25)15-7-4-5-8-16(15)22-20(23)27-12-18(24)21-14(3)17-9-6-10-26-17/h4-10,13-14H,11-12H2,1-3H3,(H,21,24)/t14-/m0/s1. The average molecular weight is 402 g/mol. The van der Waals surface area contributed by atoms with E-state index < -0.39 is 0 Å². The normalized spacial score (nSPS) is 12.4. The summed E-state index contributed by atoms with van der Waals surface area (Å²) < 4.78 is 1.69. The van der Waals surface area contributed by atoms with E-state index in [9.17, 15) is 9.59 Å². The molecule has 0 saturated heterocycles. The number of fused-ring (bicyclic) bond motifs is 1. The van der Waals surface area contributed by atoms with Crippen LogP contribution in [0.2, 0.25) is 0 Å². The predicted molar refractivity (Wildman–Crippen MR) is 112 cm³/mol. The maximum atomic E-state index is 12.9. The molecule has 0 radical (unpaired) electrons. The van der Waals surface area contributed by atoms with Gasteiger partial charge in [0.25, 0.3) is 5.56 Å². The molecule has 1 amide bonds. The van der Waals surface area contributed by atoms with Crippen molar-refractivity contribution in [2.45, 2.75) is 38.5 Å². The maximum Gasteiger partial charge on any atom is 0.262 e. The lowest BCUT2D eigenvalue weighted by Crippen LogP contribution is -2.29. The molecule has 3 aromatic rings. The minimum absolute atomic E-state index is 0.0273. The van der Waals surface area contributed by atoms with Crippen molar-refractivity contribution in [2.24, 2.45) is 5.92 Å². The van der Waals surface area contributed by atoms with Gasteiger partial charge in [0, 0.05) is 11.4 Å². The summed E-state index contributed by atoms with van der Waals surface area (Å²) >= 11 is 2.93. The Morgan fingerprint density at radius 2 is 2.00 bits per heavy atom. The van der Waals surface area contributed by atoms with Gasteiger partial charge < -0.3 is 5.32 Å². The summed E-state index contributed by atoms with van der Waals surface area (Å²) in [6, 6.07) is 11.3. The molecule has 1 aromatic carbocycles. The van der Waals surface area contributed by atoms with Crippen LogP contribution >= 0.6 is 23.1 Å². The molecule has 0 aliphatic heterocycles. The van der Waals surface area contributed by atoms with Crippen molar-refractivity contribution in [1.29, 1.82) is 0 Å². The Hall–Kier alpha value is -2.12. The van der Waals surface area contributed by atoms with Crippen molar-refractivity contribution in [3.8, 4) is 0 Å². The first-order valence-electron chi connectivity index (χ1n) is 8.91. The molecule has 5 nitrogen and oxygen atoms in total. The highest BCUT2D eigenvalue weighted by Crippen LogP contribution is 2.21. The maximum absolute atomic E-state index is 12.9. The summed E-state index contributed by atoms with van der Waals surface area (Å²) in [4.78, 5) is 31.0. The first-order chi connectivity index (χ1) is 13.0. The largest absolute Gasteiger partial charge is 0.348 e. The first-order valence-corrected chi connectivity index (χ1v) is 10.8. The molecule has 1 atom stereocenters. The van der Waals surface area contributed by atoms with E-state index in [1.807, 2.05) is 42.6 Å². The molecular formula is C20H23N3O2S2. The molecule has 2 aromatic heterocycles. The SMILES string of the molecule is CC(C)Cn1c(SCC(=O)N[C@@H](C)c2cccs2)nc2ccccc2c1=O. The number of thiophene rings is 1. The third kappa shape index (κ3) is 4.78. The predicted octanol–water partition coefficient (Wildman–Crippen LogP) is 4.08. The summed E-state index contributed by atoms with van der Waals surface area (Å²) in [5, 5.41) is 6.20. The van der Waals surface area contributed by atoms with Crippen LogP contribution in [0, 0.1) is 5.92 Å². The lowest BCUT2D eigenvalue weighted by molar-refractivity contribution is -0.119. The number of amides is 1. The van der Waals surface area contributed by atoms with Crippen molar-refractivity contribution < 1.29 is 4.79 Å². The van der Waals surface area contributed by atoms with Crippen LogP contribution in [0.1, 0.15) is 31.7 Å². The summed E-state index contributed by atoms with van der Waals surface area (Å²) in [6.07, 6.45) is 0. The summed E-state index contributed by atoms with van der Waals surface area (Å²) in [6.45, 7) is 6.67. The zero-order chi connectivity index (χ0) is 19.4. The molecule has 142 valence electrons. The number of para-hydroxylation sites is 1. The highest BCUT2D eigenvalue weighted by atomic mass is 32.2. The van der Waals surface area contributed by atoms with Gasteiger partial charge in [-0.3, -0.25) is 14.2 Å². The smallest absolute Gasteiger partial charge is 0.262 e. The van der Waals surface area contributed by atoms with Gasteiger partial charge in [-0.15, -0.1) is 11.3 Å². The van der Waals surface area contributed by atoms with Gasteiger partial charge in [-0.25, -0.2) is 4.98 Å². The summed E-state index contributed by atoms with van der Waals surface area (Å²) in [7, 11) is 0. The molecule has 0 aliphatic carbocycles. The van der Waals surface area contributed by atoms with Crippen LogP contribution in [0.4, 0.5) is 0 Å². The van der Waals surface area contributed by atoms with Gasteiger partial charge in [0.1, 0.15) is 0 Å². The quantitative estimate of drug-likeness (QED) is 0.478. The van der Waals surface area contributed by atoms with Gasteiger partial charge in [-0.2, -0.15) is 0 Å². The molecule has 0 saturated carbocycles. The summed E-state index contributed by atoms with van der Waals surface area (Å²) in [5.74, 6) is 0.454. The Labute approximate surface area is 166 Å². The number of hydrogen-bond donors (Lipinski definition) is 1. The zero-order valence-electron chi connectivity index (χ0n) is 15.6. The molecule has 2 heterocycles. The second-order valence-electron chi connectivity index (χ2n) is 6.81. The van der Waals surface area contributed by atoms with E-state index in [4.69, 9.17) is 0 Å². The van der Waals surface area contributed by atoms with E-state index in [2.05, 4.69) is 24.1 Å². The van der Waals surface area contributed by atoms with Crippen molar-refractivity contribution >= 4 is 39.9 Å². The molecule has 27 heavy (non-hydrogen) atoms. The van der Waals surface area contributed by atoms with E-state index in [1.54, 1.807) is 22.0 Å². The average Bonchev–Trinajstić information content (AvgIpc) is 3.17. The van der Waals surface area contributed by atoms with Gasteiger partial charge in [-0.05, 0) is 36.4 Å². The van der Waals surface area contributed by atoms with Crippen LogP contribution in [0.25, 0.3) is 10.9 Å². The van der Waals surface area contributed by atoms with E-state index in [1.165, 1.54) is 11.8 Å². The minimum atomic E-state index is -0.0700. The lowest BCUT2D eigenvalue weighted by atomic mass is 10.2. The molecular weight excluding hydrogens is 378 g/mol. The van der Waals surface area contributed by atoms with Gasteiger partial charge in [-0.1, -0.05) is 43.8 Å². The Balaban J connectivity index is 1.79. The van der Waals surface area contributed by atoms with Gasteiger partial charge in [0.05, 0.1) is 22.7 Å². The number of thioether (sulfide) groups is 1. The van der Waals surface area contributed by atoms with Crippen LogP contribution in [0.15, 0.2) is 51.7 Å². The summed E-state index contributed by atoms with van der Waals surface area (Å²) in [5.41, 5.74) is 0.613. The van der Waals surface area contributed by atoms with E-state index >= 15 is 0 Å². The minimum Gasteiger partial charge on any atom is -0.348 e. The van der Waals surface area contributed by atoms with E-state index in [0.717, 1.165) is 4.88 Å². The second-order valence-corrected chi connectivity index (χ2v) is 8.74. The zero-order valence-corrected chi connectivity index (χ0v) is 17.3. The number of nitrogens with zero attached hydrogens (tertiary/aromatic N) is 2. The van der Waals surface area contributed by atoms with Crippen molar-refractivity contribution in [1.82, 2.24) is 14.9 Å². The van der Waals surface area contributed by atoms with Crippen LogP contribution in [0.3, 0.4) is 0 Å².